The summed E-state index contributed by atoms with van der Waals surface area (Å²) in [6, 6.07) is 9.21. The second-order valence-corrected chi connectivity index (χ2v) is 15.0. The van der Waals surface area contributed by atoms with Gasteiger partial charge in [0.25, 0.3) is 0 Å². The van der Waals surface area contributed by atoms with Crippen LogP contribution in [0.1, 0.15) is 53.0 Å². The Morgan fingerprint density at radius 3 is 2.38 bits per heavy atom. The summed E-state index contributed by atoms with van der Waals surface area (Å²) in [7, 11) is 0. The molecule has 2 fully saturated rings. The Bertz CT molecular complexity index is 1210. The molecule has 40 heavy (non-hydrogen) atoms. The van der Waals surface area contributed by atoms with Crippen LogP contribution in [-0.2, 0) is 20.9 Å². The van der Waals surface area contributed by atoms with Crippen molar-refractivity contribution in [1.82, 2.24) is 14.7 Å². The minimum absolute atomic E-state index is 0.0107. The molecule has 0 radical (unpaired) electrons. The second-order valence-electron chi connectivity index (χ2n) is 13.5. The summed E-state index contributed by atoms with van der Waals surface area (Å²) in [6.07, 6.45) is 9.44. The molecule has 0 aliphatic carbocycles. The van der Waals surface area contributed by atoms with Gasteiger partial charge in [0.05, 0.1) is 16.6 Å². The Kier molecular flexibility index (Phi) is 7.72. The highest BCUT2D eigenvalue weighted by Crippen LogP contribution is 2.61. The number of aliphatic hydroxyl groups is 1. The molecular weight excluding hydrogens is 522 g/mol. The number of thioether (sulfide) groups is 1. The number of rotatable bonds is 7. The van der Waals surface area contributed by atoms with Crippen molar-refractivity contribution in [2.75, 3.05) is 26.2 Å². The fourth-order valence-electron chi connectivity index (χ4n) is 7.55. The lowest BCUT2D eigenvalue weighted by Gasteiger charge is -2.44. The maximum absolute atomic E-state index is 14.6. The molecule has 4 heterocycles. The van der Waals surface area contributed by atoms with Gasteiger partial charge in [-0.3, -0.25) is 14.4 Å². The fraction of sp³-hybridized carbons (Fsp3) is 0.594. The SMILES string of the molecule is CC(C)(C)CC(C)(C)N1CC=C[C@]23S[C@H]4C=CCN(Cc5ccccc5)C(=O)[C@H]4[C@H]2C(=O)N(CCCO)C3C1=O. The lowest BCUT2D eigenvalue weighted by atomic mass is 9.77. The molecule has 1 unspecified atom stereocenters. The second kappa shape index (κ2) is 10.7. The third-order valence-corrected chi connectivity index (χ3v) is 10.5. The summed E-state index contributed by atoms with van der Waals surface area (Å²) in [5.74, 6) is -1.41. The first-order valence-corrected chi connectivity index (χ1v) is 15.4. The first-order valence-electron chi connectivity index (χ1n) is 14.5. The number of carbonyl (C=O) groups is 3. The van der Waals surface area contributed by atoms with E-state index in [1.54, 1.807) is 16.7 Å². The van der Waals surface area contributed by atoms with E-state index < -0.39 is 28.2 Å². The molecular formula is C32H43N3O4S. The Hall–Kier alpha value is -2.58. The smallest absolute Gasteiger partial charge is 0.247 e. The Balaban J connectivity index is 1.53. The third kappa shape index (κ3) is 5.02. The van der Waals surface area contributed by atoms with Crippen LogP contribution in [0.5, 0.6) is 0 Å². The van der Waals surface area contributed by atoms with Gasteiger partial charge in [-0.25, -0.2) is 0 Å². The quantitative estimate of drug-likeness (QED) is 0.508. The van der Waals surface area contributed by atoms with Crippen molar-refractivity contribution in [1.29, 1.82) is 0 Å². The van der Waals surface area contributed by atoms with Crippen molar-refractivity contribution in [3.8, 4) is 0 Å². The number of likely N-dealkylation sites (tertiary alicyclic amines) is 1. The molecule has 5 rings (SSSR count). The van der Waals surface area contributed by atoms with E-state index >= 15 is 0 Å². The first-order chi connectivity index (χ1) is 18.9. The molecule has 1 spiro atoms. The maximum atomic E-state index is 14.6. The molecule has 0 bridgehead atoms. The number of carbonyl (C=O) groups excluding carboxylic acids is 3. The summed E-state index contributed by atoms with van der Waals surface area (Å²) < 4.78 is -0.832. The number of benzene rings is 1. The molecule has 216 valence electrons. The third-order valence-electron chi connectivity index (χ3n) is 8.71. The lowest BCUT2D eigenvalue weighted by molar-refractivity contribution is -0.147. The average molecular weight is 566 g/mol. The van der Waals surface area contributed by atoms with E-state index in [2.05, 4.69) is 46.8 Å². The maximum Gasteiger partial charge on any atom is 0.247 e. The predicted octanol–water partition coefficient (Wildman–Crippen LogP) is 3.88. The van der Waals surface area contributed by atoms with E-state index in [9.17, 15) is 19.5 Å². The van der Waals surface area contributed by atoms with Gasteiger partial charge in [-0.15, -0.1) is 11.8 Å². The normalized spacial score (nSPS) is 30.4. The van der Waals surface area contributed by atoms with Gasteiger partial charge in [0.15, 0.2) is 0 Å². The topological polar surface area (TPSA) is 81.2 Å². The number of nitrogens with zero attached hydrogens (tertiary/aromatic N) is 3. The van der Waals surface area contributed by atoms with Crippen LogP contribution in [0.15, 0.2) is 54.6 Å². The zero-order valence-electron chi connectivity index (χ0n) is 24.4. The molecule has 2 saturated heterocycles. The van der Waals surface area contributed by atoms with Crippen molar-refractivity contribution >= 4 is 29.5 Å². The molecule has 1 aromatic carbocycles. The molecule has 1 aromatic rings. The summed E-state index contributed by atoms with van der Waals surface area (Å²) >= 11 is 1.61. The Labute approximate surface area is 242 Å². The van der Waals surface area contributed by atoms with Gasteiger partial charge < -0.3 is 19.8 Å². The van der Waals surface area contributed by atoms with E-state index in [1.807, 2.05) is 52.3 Å². The van der Waals surface area contributed by atoms with Crippen LogP contribution in [0.25, 0.3) is 0 Å². The molecule has 4 aliphatic heterocycles. The van der Waals surface area contributed by atoms with E-state index in [1.165, 1.54) is 0 Å². The van der Waals surface area contributed by atoms with Gasteiger partial charge in [-0.05, 0) is 37.7 Å². The first kappa shape index (κ1) is 28.9. The monoisotopic (exact) mass is 565 g/mol. The molecule has 0 saturated carbocycles. The predicted molar refractivity (Wildman–Crippen MR) is 158 cm³/mol. The molecule has 4 aliphatic rings. The number of amides is 3. The summed E-state index contributed by atoms with van der Waals surface area (Å²) in [4.78, 5) is 48.6. The number of hydrogen-bond acceptors (Lipinski definition) is 5. The van der Waals surface area contributed by atoms with Gasteiger partial charge in [0.1, 0.15) is 6.04 Å². The highest BCUT2D eigenvalue weighted by molar-refractivity contribution is 8.02. The molecule has 3 amide bonds. The van der Waals surface area contributed by atoms with Crippen LogP contribution < -0.4 is 0 Å². The van der Waals surface area contributed by atoms with E-state index in [4.69, 9.17) is 0 Å². The number of fused-ring (bicyclic) bond motifs is 2. The van der Waals surface area contributed by atoms with Gasteiger partial charge in [0, 0.05) is 43.6 Å². The number of hydrogen-bond donors (Lipinski definition) is 1. The van der Waals surface area contributed by atoms with Crippen LogP contribution in [0.4, 0.5) is 0 Å². The molecule has 8 heteroatoms. The molecule has 7 nitrogen and oxygen atoms in total. The van der Waals surface area contributed by atoms with Crippen LogP contribution in [0, 0.1) is 17.3 Å². The standard InChI is InChI=1S/C32H43N3O4S/c1-30(2,3)21-31(4,5)35-18-10-15-32-25(28(38)34(17-11-19-36)26(32)29(35)39)24-23(40-32)14-9-16-33(27(24)37)20-22-12-7-6-8-13-22/h6-10,12-15,23-26,36H,11,16-21H2,1-5H3/t23-,24+,25-,26?,32-/m0/s1. The highest BCUT2D eigenvalue weighted by atomic mass is 32.2. The summed E-state index contributed by atoms with van der Waals surface area (Å²) in [5, 5.41) is 9.48. The molecule has 1 N–H and O–H groups in total. The van der Waals surface area contributed by atoms with Crippen LogP contribution in [0.2, 0.25) is 0 Å². The molecule has 5 atom stereocenters. The van der Waals surface area contributed by atoms with Crippen LogP contribution in [-0.4, -0.2) is 85.3 Å². The van der Waals surface area contributed by atoms with Gasteiger partial charge in [-0.1, -0.05) is 75.4 Å². The highest BCUT2D eigenvalue weighted by Gasteiger charge is 2.71. The molecule has 0 aromatic heterocycles. The van der Waals surface area contributed by atoms with Gasteiger partial charge >= 0.3 is 0 Å². The summed E-state index contributed by atoms with van der Waals surface area (Å²) in [6.45, 7) is 12.4. The fourth-order valence-corrected chi connectivity index (χ4v) is 9.56. The van der Waals surface area contributed by atoms with Crippen molar-refractivity contribution in [3.05, 3.63) is 60.2 Å². The number of aliphatic hydroxyl groups excluding tert-OH is 1. The van der Waals surface area contributed by atoms with E-state index in [-0.39, 0.29) is 35.0 Å². The van der Waals surface area contributed by atoms with E-state index in [0.717, 1.165) is 12.0 Å². The Morgan fingerprint density at radius 2 is 1.70 bits per heavy atom. The average Bonchev–Trinajstić information content (AvgIpc) is 3.18. The van der Waals surface area contributed by atoms with Gasteiger partial charge in [-0.2, -0.15) is 0 Å². The summed E-state index contributed by atoms with van der Waals surface area (Å²) in [5.41, 5.74) is 0.631. The van der Waals surface area contributed by atoms with Crippen LogP contribution >= 0.6 is 11.8 Å². The van der Waals surface area contributed by atoms with Crippen molar-refractivity contribution < 1.29 is 19.5 Å². The minimum atomic E-state index is -0.832. The zero-order chi connectivity index (χ0) is 28.9. The Morgan fingerprint density at radius 1 is 0.975 bits per heavy atom. The van der Waals surface area contributed by atoms with Crippen LogP contribution in [0.3, 0.4) is 0 Å². The zero-order valence-corrected chi connectivity index (χ0v) is 25.2. The van der Waals surface area contributed by atoms with Crippen molar-refractivity contribution in [2.45, 2.75) is 75.6 Å². The van der Waals surface area contributed by atoms with E-state index in [0.29, 0.717) is 32.6 Å². The minimum Gasteiger partial charge on any atom is -0.396 e. The lowest BCUT2D eigenvalue weighted by Crippen LogP contribution is -2.58. The van der Waals surface area contributed by atoms with Gasteiger partial charge in [0.2, 0.25) is 17.7 Å². The van der Waals surface area contributed by atoms with Crippen molar-refractivity contribution in [2.24, 2.45) is 17.3 Å². The van der Waals surface area contributed by atoms with Crippen molar-refractivity contribution in [3.63, 3.8) is 0 Å². The largest absolute Gasteiger partial charge is 0.396 e.